The highest BCUT2D eigenvalue weighted by molar-refractivity contribution is 6.30. The summed E-state index contributed by atoms with van der Waals surface area (Å²) in [6, 6.07) is 9.51. The van der Waals surface area contributed by atoms with Gasteiger partial charge in [-0.1, -0.05) is 11.6 Å². The zero-order valence-electron chi connectivity index (χ0n) is 11.5. The topological polar surface area (TPSA) is 71.7 Å². The molecule has 1 amide bonds. The van der Waals surface area contributed by atoms with Gasteiger partial charge < -0.3 is 19.6 Å². The summed E-state index contributed by atoms with van der Waals surface area (Å²) in [6.45, 7) is 1.37. The van der Waals surface area contributed by atoms with Crippen LogP contribution in [0.3, 0.4) is 0 Å². The molecule has 0 bridgehead atoms. The highest BCUT2D eigenvalue weighted by Crippen LogP contribution is 2.17. The molecule has 0 saturated carbocycles. The lowest BCUT2D eigenvalue weighted by Gasteiger charge is -2.18. The number of amides is 1. The molecule has 1 heterocycles. The molecule has 21 heavy (non-hydrogen) atoms. The van der Waals surface area contributed by atoms with E-state index in [9.17, 15) is 9.90 Å². The molecule has 1 aromatic carbocycles. The fraction of sp³-hybridized carbons (Fsp3) is 0.267. The molecule has 2 rings (SSSR count). The third-order valence-electron chi connectivity index (χ3n) is 2.88. The number of carbonyl (C=O) groups excluding carboxylic acids is 1. The number of benzene rings is 1. The largest absolute Gasteiger partial charge is 0.481 e. The second-order valence-electron chi connectivity index (χ2n) is 4.47. The summed E-state index contributed by atoms with van der Waals surface area (Å²) in [6.07, 6.45) is 0.771. The Morgan fingerprint density at radius 2 is 2.10 bits per heavy atom. The molecule has 2 atom stereocenters. The molecule has 0 aliphatic carbocycles. The first-order valence-corrected chi connectivity index (χ1v) is 6.85. The number of ether oxygens (including phenoxy) is 1. The van der Waals surface area contributed by atoms with Gasteiger partial charge in [-0.2, -0.15) is 0 Å². The number of hydrogen-bond acceptors (Lipinski definition) is 4. The lowest BCUT2D eigenvalue weighted by Crippen LogP contribution is -2.39. The molecular formula is C15H16ClNO4. The Bertz CT molecular complexity index is 568. The predicted molar refractivity (Wildman–Crippen MR) is 78.2 cm³/mol. The highest BCUT2D eigenvalue weighted by Gasteiger charge is 2.21. The maximum absolute atomic E-state index is 12.1. The van der Waals surface area contributed by atoms with Crippen molar-refractivity contribution >= 4 is 17.5 Å². The molecule has 1 aromatic heterocycles. The molecule has 2 aromatic rings. The molecule has 2 unspecified atom stereocenters. The van der Waals surface area contributed by atoms with Gasteiger partial charge in [0.2, 0.25) is 0 Å². The Morgan fingerprint density at radius 1 is 1.38 bits per heavy atom. The van der Waals surface area contributed by atoms with Crippen molar-refractivity contribution in [1.82, 2.24) is 5.32 Å². The van der Waals surface area contributed by atoms with Gasteiger partial charge in [0, 0.05) is 5.02 Å². The van der Waals surface area contributed by atoms with E-state index in [-0.39, 0.29) is 12.5 Å². The van der Waals surface area contributed by atoms with Crippen LogP contribution >= 0.6 is 11.6 Å². The van der Waals surface area contributed by atoms with E-state index >= 15 is 0 Å². The fourth-order valence-corrected chi connectivity index (χ4v) is 1.88. The van der Waals surface area contributed by atoms with Crippen LogP contribution in [-0.2, 0) is 4.79 Å². The number of furan rings is 1. The molecule has 0 saturated heterocycles. The molecule has 0 radical (unpaired) electrons. The SMILES string of the molecule is CC(Oc1ccc(Cl)cc1)C(=O)NC(CO)c1ccco1. The van der Waals surface area contributed by atoms with Gasteiger partial charge in [-0.25, -0.2) is 0 Å². The van der Waals surface area contributed by atoms with Crippen LogP contribution in [0.1, 0.15) is 18.7 Å². The minimum Gasteiger partial charge on any atom is -0.481 e. The van der Waals surface area contributed by atoms with E-state index in [0.29, 0.717) is 16.5 Å². The number of carbonyl (C=O) groups is 1. The van der Waals surface area contributed by atoms with Crippen molar-refractivity contribution in [2.45, 2.75) is 19.1 Å². The van der Waals surface area contributed by atoms with Crippen LogP contribution in [0, 0.1) is 0 Å². The number of nitrogens with one attached hydrogen (secondary N) is 1. The lowest BCUT2D eigenvalue weighted by atomic mass is 10.2. The first kappa shape index (κ1) is 15.4. The van der Waals surface area contributed by atoms with E-state index in [1.807, 2.05) is 0 Å². The first-order valence-electron chi connectivity index (χ1n) is 6.47. The standard InChI is InChI=1S/C15H16ClNO4/c1-10(21-12-6-4-11(16)5-7-12)15(19)17-13(9-18)14-3-2-8-20-14/h2-8,10,13,18H,9H2,1H3,(H,17,19). The monoisotopic (exact) mass is 309 g/mol. The number of halogens is 1. The number of aliphatic hydroxyl groups excluding tert-OH is 1. The summed E-state index contributed by atoms with van der Waals surface area (Å²) >= 11 is 5.78. The molecular weight excluding hydrogens is 294 g/mol. The average molecular weight is 310 g/mol. The Kier molecular flexibility index (Phi) is 5.25. The smallest absolute Gasteiger partial charge is 0.261 e. The second kappa shape index (κ2) is 7.15. The van der Waals surface area contributed by atoms with Crippen molar-refractivity contribution in [3.63, 3.8) is 0 Å². The van der Waals surface area contributed by atoms with Gasteiger partial charge in [-0.05, 0) is 43.3 Å². The van der Waals surface area contributed by atoms with E-state index in [1.165, 1.54) is 6.26 Å². The minimum atomic E-state index is -0.713. The average Bonchev–Trinajstić information content (AvgIpc) is 3.01. The molecule has 2 N–H and O–H groups in total. The maximum Gasteiger partial charge on any atom is 0.261 e. The number of hydrogen-bond donors (Lipinski definition) is 2. The summed E-state index contributed by atoms with van der Waals surface area (Å²) in [5.74, 6) is 0.686. The summed E-state index contributed by atoms with van der Waals surface area (Å²) < 4.78 is 10.7. The van der Waals surface area contributed by atoms with Crippen molar-refractivity contribution in [2.24, 2.45) is 0 Å². The van der Waals surface area contributed by atoms with Crippen LogP contribution in [0.4, 0.5) is 0 Å². The Hall–Kier alpha value is -1.98. The quantitative estimate of drug-likeness (QED) is 0.860. The van der Waals surface area contributed by atoms with Gasteiger partial charge in [0.15, 0.2) is 6.10 Å². The summed E-state index contributed by atoms with van der Waals surface area (Å²) in [5.41, 5.74) is 0. The third kappa shape index (κ3) is 4.24. The zero-order chi connectivity index (χ0) is 15.2. The summed E-state index contributed by atoms with van der Waals surface area (Å²) in [7, 11) is 0. The molecule has 112 valence electrons. The Morgan fingerprint density at radius 3 is 2.67 bits per heavy atom. The number of aliphatic hydroxyl groups is 1. The van der Waals surface area contributed by atoms with Crippen molar-refractivity contribution in [3.8, 4) is 5.75 Å². The summed E-state index contributed by atoms with van der Waals surface area (Å²) in [5, 5.41) is 12.6. The number of rotatable bonds is 6. The summed E-state index contributed by atoms with van der Waals surface area (Å²) in [4.78, 5) is 12.1. The van der Waals surface area contributed by atoms with E-state index in [0.717, 1.165) is 0 Å². The van der Waals surface area contributed by atoms with Crippen LogP contribution in [0.15, 0.2) is 47.1 Å². The van der Waals surface area contributed by atoms with E-state index < -0.39 is 12.1 Å². The van der Waals surface area contributed by atoms with Crippen LogP contribution in [-0.4, -0.2) is 23.7 Å². The Balaban J connectivity index is 1.94. The molecule has 0 aliphatic heterocycles. The van der Waals surface area contributed by atoms with Crippen molar-refractivity contribution in [3.05, 3.63) is 53.4 Å². The van der Waals surface area contributed by atoms with Crippen molar-refractivity contribution < 1.29 is 19.1 Å². The van der Waals surface area contributed by atoms with Gasteiger partial charge in [-0.15, -0.1) is 0 Å². The minimum absolute atomic E-state index is 0.257. The van der Waals surface area contributed by atoms with Gasteiger partial charge in [0.25, 0.3) is 5.91 Å². The van der Waals surface area contributed by atoms with Gasteiger partial charge in [-0.3, -0.25) is 4.79 Å². The highest BCUT2D eigenvalue weighted by atomic mass is 35.5. The Labute approximate surface area is 127 Å². The van der Waals surface area contributed by atoms with E-state index in [4.69, 9.17) is 20.8 Å². The van der Waals surface area contributed by atoms with Crippen molar-refractivity contribution in [2.75, 3.05) is 6.61 Å². The zero-order valence-corrected chi connectivity index (χ0v) is 12.2. The van der Waals surface area contributed by atoms with Gasteiger partial charge >= 0.3 is 0 Å². The van der Waals surface area contributed by atoms with Gasteiger partial charge in [0.05, 0.1) is 12.9 Å². The van der Waals surface area contributed by atoms with Crippen molar-refractivity contribution in [1.29, 1.82) is 0 Å². The molecule has 0 aliphatic rings. The van der Waals surface area contributed by atoms with Crippen LogP contribution in [0.2, 0.25) is 5.02 Å². The van der Waals surface area contributed by atoms with Crippen LogP contribution in [0.5, 0.6) is 5.75 Å². The lowest BCUT2D eigenvalue weighted by molar-refractivity contribution is -0.128. The fourth-order valence-electron chi connectivity index (χ4n) is 1.76. The van der Waals surface area contributed by atoms with E-state index in [1.54, 1.807) is 43.3 Å². The van der Waals surface area contributed by atoms with Crippen LogP contribution in [0.25, 0.3) is 0 Å². The molecule has 0 fully saturated rings. The first-order chi connectivity index (χ1) is 10.1. The van der Waals surface area contributed by atoms with Gasteiger partial charge in [0.1, 0.15) is 17.6 Å². The maximum atomic E-state index is 12.1. The predicted octanol–water partition coefficient (Wildman–Crippen LogP) is 2.55. The third-order valence-corrected chi connectivity index (χ3v) is 3.13. The normalized spacial score (nSPS) is 13.5. The molecule has 0 spiro atoms. The van der Waals surface area contributed by atoms with E-state index in [2.05, 4.69) is 5.32 Å². The second-order valence-corrected chi connectivity index (χ2v) is 4.91. The molecule has 6 heteroatoms. The molecule has 5 nitrogen and oxygen atoms in total. The van der Waals surface area contributed by atoms with Crippen LogP contribution < -0.4 is 10.1 Å².